The summed E-state index contributed by atoms with van der Waals surface area (Å²) in [6, 6.07) is 14.6. The second-order valence-corrected chi connectivity index (χ2v) is 6.88. The number of aromatic nitrogens is 2. The van der Waals surface area contributed by atoms with E-state index in [1.807, 2.05) is 49.4 Å². The van der Waals surface area contributed by atoms with E-state index in [0.717, 1.165) is 36.2 Å². The van der Waals surface area contributed by atoms with Crippen LogP contribution in [0.1, 0.15) is 17.5 Å². The van der Waals surface area contributed by atoms with E-state index in [1.54, 1.807) is 12.3 Å². The fourth-order valence-electron chi connectivity index (χ4n) is 2.90. The molecule has 0 saturated heterocycles. The summed E-state index contributed by atoms with van der Waals surface area (Å²) in [6.07, 6.45) is 2.48. The standard InChI is InChI=1S/C22H26N6O2/c1-15-5-2-3-6-19(15)26-22(30)28-21-25-14-18(20(29)27-21)17-9-7-16(8-10-17)13-24-12-4-11-23/h2-3,5-10,14,24H,4,11-13,23H2,1H3,(H3,25,26,27,28,29,30). The average Bonchev–Trinajstić information content (AvgIpc) is 2.74. The molecular weight excluding hydrogens is 380 g/mol. The number of H-pyrrole nitrogens is 1. The van der Waals surface area contributed by atoms with Gasteiger partial charge in [-0.05, 0) is 49.2 Å². The number of aryl methyl sites for hydroxylation is 1. The van der Waals surface area contributed by atoms with E-state index in [1.165, 1.54) is 0 Å². The molecule has 1 aromatic heterocycles. The van der Waals surface area contributed by atoms with Crippen LogP contribution in [-0.2, 0) is 6.54 Å². The lowest BCUT2D eigenvalue weighted by Gasteiger charge is -2.09. The molecule has 0 bridgehead atoms. The highest BCUT2D eigenvalue weighted by atomic mass is 16.2. The minimum absolute atomic E-state index is 0.0792. The van der Waals surface area contributed by atoms with Crippen molar-refractivity contribution < 1.29 is 4.79 Å². The number of hydrogen-bond acceptors (Lipinski definition) is 5. The minimum atomic E-state index is -0.480. The summed E-state index contributed by atoms with van der Waals surface area (Å²) in [7, 11) is 0. The van der Waals surface area contributed by atoms with Gasteiger partial charge >= 0.3 is 6.03 Å². The zero-order chi connectivity index (χ0) is 21.3. The van der Waals surface area contributed by atoms with E-state index in [9.17, 15) is 9.59 Å². The summed E-state index contributed by atoms with van der Waals surface area (Å²) in [5, 5.41) is 8.59. The molecule has 0 atom stereocenters. The van der Waals surface area contributed by atoms with E-state index >= 15 is 0 Å². The van der Waals surface area contributed by atoms with Crippen LogP contribution in [0.5, 0.6) is 0 Å². The van der Waals surface area contributed by atoms with E-state index < -0.39 is 11.6 Å². The normalized spacial score (nSPS) is 10.6. The molecule has 6 N–H and O–H groups in total. The monoisotopic (exact) mass is 406 g/mol. The third kappa shape index (κ3) is 5.76. The molecule has 8 nitrogen and oxygen atoms in total. The first kappa shape index (κ1) is 21.2. The molecule has 0 aliphatic heterocycles. The van der Waals surface area contributed by atoms with Crippen LogP contribution in [0, 0.1) is 6.92 Å². The molecular formula is C22H26N6O2. The van der Waals surface area contributed by atoms with Crippen molar-refractivity contribution in [3.63, 3.8) is 0 Å². The first-order valence-electron chi connectivity index (χ1n) is 9.80. The van der Waals surface area contributed by atoms with Crippen LogP contribution in [0.15, 0.2) is 59.5 Å². The highest BCUT2D eigenvalue weighted by Gasteiger charge is 2.09. The number of amides is 2. The van der Waals surface area contributed by atoms with Gasteiger partial charge in [0.1, 0.15) is 0 Å². The van der Waals surface area contributed by atoms with Crippen LogP contribution in [-0.4, -0.2) is 29.1 Å². The summed E-state index contributed by atoms with van der Waals surface area (Å²) in [4.78, 5) is 31.4. The van der Waals surface area contributed by atoms with Crippen molar-refractivity contribution in [2.24, 2.45) is 5.73 Å². The largest absolute Gasteiger partial charge is 0.331 e. The van der Waals surface area contributed by atoms with Gasteiger partial charge in [-0.3, -0.25) is 10.1 Å². The van der Waals surface area contributed by atoms with Gasteiger partial charge in [0, 0.05) is 18.4 Å². The van der Waals surface area contributed by atoms with Crippen LogP contribution in [0.25, 0.3) is 11.1 Å². The molecule has 0 aliphatic rings. The Balaban J connectivity index is 1.63. The molecule has 0 fully saturated rings. The molecule has 30 heavy (non-hydrogen) atoms. The fourth-order valence-corrected chi connectivity index (χ4v) is 2.90. The van der Waals surface area contributed by atoms with Crippen molar-refractivity contribution in [2.75, 3.05) is 23.7 Å². The number of carbonyl (C=O) groups excluding carboxylic acids is 1. The van der Waals surface area contributed by atoms with E-state index in [-0.39, 0.29) is 5.95 Å². The van der Waals surface area contributed by atoms with Crippen molar-refractivity contribution >= 4 is 17.7 Å². The van der Waals surface area contributed by atoms with Gasteiger partial charge in [-0.1, -0.05) is 42.5 Å². The number of urea groups is 1. The summed E-state index contributed by atoms with van der Waals surface area (Å²) < 4.78 is 0. The lowest BCUT2D eigenvalue weighted by atomic mass is 10.1. The van der Waals surface area contributed by atoms with E-state index in [0.29, 0.717) is 17.8 Å². The topological polar surface area (TPSA) is 125 Å². The Morgan fingerprint density at radius 2 is 1.87 bits per heavy atom. The van der Waals surface area contributed by atoms with Crippen LogP contribution in [0.2, 0.25) is 0 Å². The molecule has 8 heteroatoms. The number of nitrogens with one attached hydrogen (secondary N) is 4. The van der Waals surface area contributed by atoms with Gasteiger partial charge in [0.05, 0.1) is 5.56 Å². The highest BCUT2D eigenvalue weighted by Crippen LogP contribution is 2.16. The number of nitrogens with zero attached hydrogens (tertiary/aromatic N) is 1. The summed E-state index contributed by atoms with van der Waals surface area (Å²) in [5.74, 6) is 0.0792. The molecule has 156 valence electrons. The van der Waals surface area contributed by atoms with E-state index in [4.69, 9.17) is 5.73 Å². The Morgan fingerprint density at radius 3 is 2.57 bits per heavy atom. The number of carbonyl (C=O) groups is 1. The van der Waals surface area contributed by atoms with Crippen molar-refractivity contribution in [1.29, 1.82) is 0 Å². The number of hydrogen-bond donors (Lipinski definition) is 5. The Labute approximate surface area is 174 Å². The van der Waals surface area contributed by atoms with Gasteiger partial charge in [-0.15, -0.1) is 0 Å². The highest BCUT2D eigenvalue weighted by molar-refractivity contribution is 5.99. The zero-order valence-electron chi connectivity index (χ0n) is 16.9. The van der Waals surface area contributed by atoms with Crippen molar-refractivity contribution in [1.82, 2.24) is 15.3 Å². The fraction of sp³-hybridized carbons (Fsp3) is 0.227. The lowest BCUT2D eigenvalue weighted by molar-refractivity contribution is 0.262. The van der Waals surface area contributed by atoms with Crippen molar-refractivity contribution in [3.8, 4) is 11.1 Å². The molecule has 0 aliphatic carbocycles. The Hall–Kier alpha value is -3.49. The maximum Gasteiger partial charge on any atom is 0.326 e. The molecule has 3 aromatic rings. The molecule has 0 saturated carbocycles. The molecule has 0 spiro atoms. The van der Waals surface area contributed by atoms with Crippen LogP contribution in [0.4, 0.5) is 16.4 Å². The molecule has 3 rings (SSSR count). The Morgan fingerprint density at radius 1 is 1.10 bits per heavy atom. The average molecular weight is 406 g/mol. The third-order valence-electron chi connectivity index (χ3n) is 4.57. The molecule has 1 heterocycles. The lowest BCUT2D eigenvalue weighted by Crippen LogP contribution is -2.23. The Kier molecular flexibility index (Phi) is 7.31. The maximum absolute atomic E-state index is 12.4. The number of rotatable bonds is 8. The summed E-state index contributed by atoms with van der Waals surface area (Å²) >= 11 is 0. The minimum Gasteiger partial charge on any atom is -0.331 e. The van der Waals surface area contributed by atoms with Crippen LogP contribution < -0.4 is 27.2 Å². The second kappa shape index (κ2) is 10.3. The van der Waals surface area contributed by atoms with Crippen LogP contribution >= 0.6 is 0 Å². The second-order valence-electron chi connectivity index (χ2n) is 6.88. The Bertz CT molecular complexity index is 1050. The predicted octanol–water partition coefficient (Wildman–Crippen LogP) is 2.83. The number of aromatic amines is 1. The van der Waals surface area contributed by atoms with E-state index in [2.05, 4.69) is 25.9 Å². The number of benzene rings is 2. The van der Waals surface area contributed by atoms with Gasteiger partial charge in [-0.2, -0.15) is 4.98 Å². The van der Waals surface area contributed by atoms with Crippen molar-refractivity contribution in [2.45, 2.75) is 19.9 Å². The SMILES string of the molecule is Cc1ccccc1NC(=O)Nc1nc(=O)c(-c2ccc(CNCCCN)cc2)c[nH]1. The molecule has 0 unspecified atom stereocenters. The van der Waals surface area contributed by atoms with Gasteiger partial charge in [0.25, 0.3) is 5.56 Å². The van der Waals surface area contributed by atoms with Gasteiger partial charge in [-0.25, -0.2) is 4.79 Å². The first-order chi connectivity index (χ1) is 14.6. The first-order valence-corrected chi connectivity index (χ1v) is 9.80. The van der Waals surface area contributed by atoms with Gasteiger partial charge in [0.2, 0.25) is 5.95 Å². The summed E-state index contributed by atoms with van der Waals surface area (Å²) in [6.45, 7) is 4.17. The quantitative estimate of drug-likeness (QED) is 0.368. The summed E-state index contributed by atoms with van der Waals surface area (Å²) in [5.41, 5.74) is 8.98. The smallest absolute Gasteiger partial charge is 0.326 e. The molecule has 2 amide bonds. The maximum atomic E-state index is 12.4. The number of anilines is 2. The molecule has 0 radical (unpaired) electrons. The number of nitrogens with two attached hydrogens (primary N) is 1. The zero-order valence-corrected chi connectivity index (χ0v) is 16.9. The number of para-hydroxylation sites is 1. The van der Waals surface area contributed by atoms with Crippen molar-refractivity contribution in [3.05, 3.63) is 76.2 Å². The van der Waals surface area contributed by atoms with Gasteiger partial charge < -0.3 is 21.4 Å². The predicted molar refractivity (Wildman–Crippen MR) is 119 cm³/mol. The van der Waals surface area contributed by atoms with Crippen LogP contribution in [0.3, 0.4) is 0 Å². The third-order valence-corrected chi connectivity index (χ3v) is 4.57. The van der Waals surface area contributed by atoms with Gasteiger partial charge in [0.15, 0.2) is 0 Å². The molecule has 2 aromatic carbocycles.